The van der Waals surface area contributed by atoms with Crippen molar-refractivity contribution < 1.29 is 19.8 Å². The van der Waals surface area contributed by atoms with Gasteiger partial charge >= 0.3 is 11.9 Å². The molecule has 21 heavy (non-hydrogen) atoms. The zero-order valence-corrected chi connectivity index (χ0v) is 12.5. The van der Waals surface area contributed by atoms with E-state index in [-0.39, 0.29) is 6.42 Å². The molecule has 0 aliphatic carbocycles. The smallest absolute Gasteiger partial charge is 0.307 e. The topological polar surface area (TPSA) is 74.6 Å². The Morgan fingerprint density at radius 3 is 2.10 bits per heavy atom. The lowest BCUT2D eigenvalue weighted by atomic mass is 9.83. The van der Waals surface area contributed by atoms with Crippen molar-refractivity contribution in [2.45, 2.75) is 45.4 Å². The Labute approximate surface area is 125 Å². The van der Waals surface area contributed by atoms with Crippen LogP contribution in [0.3, 0.4) is 0 Å². The second-order valence-electron chi connectivity index (χ2n) is 5.43. The van der Waals surface area contributed by atoms with Crippen LogP contribution in [-0.2, 0) is 16.0 Å². The summed E-state index contributed by atoms with van der Waals surface area (Å²) in [5.74, 6) is -3.72. The summed E-state index contributed by atoms with van der Waals surface area (Å²) in [6.07, 6.45) is 4.55. The van der Waals surface area contributed by atoms with Gasteiger partial charge in [0.1, 0.15) is 0 Å². The highest BCUT2D eigenvalue weighted by atomic mass is 16.4. The molecule has 0 spiro atoms. The fraction of sp³-hybridized carbons (Fsp3) is 0.529. The number of unbranched alkanes of at least 4 members (excludes halogenated alkanes) is 3. The molecule has 1 aromatic rings. The van der Waals surface area contributed by atoms with Crippen LogP contribution < -0.4 is 0 Å². The zero-order valence-electron chi connectivity index (χ0n) is 12.5. The molecule has 0 aliphatic heterocycles. The number of carboxylic acids is 2. The molecule has 0 unspecified atom stereocenters. The van der Waals surface area contributed by atoms with Gasteiger partial charge in [-0.05, 0) is 18.4 Å². The zero-order chi connectivity index (χ0) is 15.7. The highest BCUT2D eigenvalue weighted by Gasteiger charge is 2.33. The highest BCUT2D eigenvalue weighted by molar-refractivity contribution is 5.80. The molecule has 1 aromatic carbocycles. The predicted octanol–water partition coefficient (Wildman–Crippen LogP) is 3.60. The van der Waals surface area contributed by atoms with E-state index in [0.717, 1.165) is 31.2 Å². The maximum Gasteiger partial charge on any atom is 0.307 e. The Hall–Kier alpha value is -1.84. The number of rotatable bonds is 10. The molecule has 0 heterocycles. The van der Waals surface area contributed by atoms with E-state index in [0.29, 0.717) is 6.42 Å². The number of aliphatic carboxylic acids is 2. The number of hydrogen-bond donors (Lipinski definition) is 2. The molecule has 0 amide bonds. The highest BCUT2D eigenvalue weighted by Crippen LogP contribution is 2.24. The third kappa shape index (κ3) is 5.98. The molecule has 2 N–H and O–H groups in total. The number of hydrogen-bond acceptors (Lipinski definition) is 2. The minimum absolute atomic E-state index is 0.265. The summed E-state index contributed by atoms with van der Waals surface area (Å²) < 4.78 is 0. The number of carboxylic acid groups (broad SMARTS) is 2. The van der Waals surface area contributed by atoms with E-state index in [2.05, 4.69) is 6.92 Å². The molecule has 116 valence electrons. The summed E-state index contributed by atoms with van der Waals surface area (Å²) in [5.41, 5.74) is 0.865. The molecule has 4 heteroatoms. The molecule has 0 aromatic heterocycles. The van der Waals surface area contributed by atoms with Crippen LogP contribution in [0.2, 0.25) is 0 Å². The van der Waals surface area contributed by atoms with E-state index in [1.165, 1.54) is 0 Å². The van der Waals surface area contributed by atoms with Gasteiger partial charge in [0.2, 0.25) is 0 Å². The van der Waals surface area contributed by atoms with E-state index in [9.17, 15) is 19.8 Å². The normalized spacial score (nSPS) is 13.6. The van der Waals surface area contributed by atoms with Crippen molar-refractivity contribution in [1.29, 1.82) is 0 Å². The average molecular weight is 292 g/mol. The SMILES string of the molecule is CCCCCC[C@H](C(=O)O)[C@H](Cc1ccccc1)C(=O)O. The first-order valence-corrected chi connectivity index (χ1v) is 7.55. The molecule has 0 saturated heterocycles. The molecular formula is C17H24O4. The van der Waals surface area contributed by atoms with Crippen LogP contribution in [-0.4, -0.2) is 22.2 Å². The lowest BCUT2D eigenvalue weighted by Gasteiger charge is -2.20. The summed E-state index contributed by atoms with van der Waals surface area (Å²) in [4.78, 5) is 22.9. The standard InChI is InChI=1S/C17H24O4/c1-2-3-4-8-11-14(16(18)19)15(17(20)21)12-13-9-6-5-7-10-13/h5-7,9-10,14-15H,2-4,8,11-12H2,1H3,(H,18,19)(H,20,21)/t14-,15-/m0/s1. The van der Waals surface area contributed by atoms with Crippen molar-refractivity contribution in [2.24, 2.45) is 11.8 Å². The van der Waals surface area contributed by atoms with Crippen LogP contribution in [0.15, 0.2) is 30.3 Å². The molecule has 0 radical (unpaired) electrons. The summed E-state index contributed by atoms with van der Waals surface area (Å²) >= 11 is 0. The van der Waals surface area contributed by atoms with Crippen LogP contribution in [0.25, 0.3) is 0 Å². The first-order valence-electron chi connectivity index (χ1n) is 7.55. The van der Waals surface area contributed by atoms with Gasteiger partial charge in [0.05, 0.1) is 11.8 Å². The molecule has 0 saturated carbocycles. The van der Waals surface area contributed by atoms with Gasteiger partial charge in [-0.1, -0.05) is 62.9 Å². The Balaban J connectivity index is 2.73. The third-order valence-electron chi connectivity index (χ3n) is 3.79. The fourth-order valence-electron chi connectivity index (χ4n) is 2.56. The quantitative estimate of drug-likeness (QED) is 0.646. The Kier molecular flexibility index (Phi) is 7.51. The lowest BCUT2D eigenvalue weighted by molar-refractivity contribution is -0.154. The Morgan fingerprint density at radius 1 is 0.952 bits per heavy atom. The molecule has 0 fully saturated rings. The monoisotopic (exact) mass is 292 g/mol. The minimum atomic E-state index is -1.03. The van der Waals surface area contributed by atoms with Gasteiger partial charge in [-0.3, -0.25) is 9.59 Å². The summed E-state index contributed by atoms with van der Waals surface area (Å²) in [6, 6.07) is 9.22. The van der Waals surface area contributed by atoms with E-state index in [1.54, 1.807) is 0 Å². The summed E-state index contributed by atoms with van der Waals surface area (Å²) in [6.45, 7) is 2.09. The molecule has 2 atom stereocenters. The van der Waals surface area contributed by atoms with Gasteiger partial charge in [-0.2, -0.15) is 0 Å². The largest absolute Gasteiger partial charge is 0.481 e. The van der Waals surface area contributed by atoms with Crippen molar-refractivity contribution >= 4 is 11.9 Å². The second kappa shape index (κ2) is 9.16. The van der Waals surface area contributed by atoms with Crippen LogP contribution in [0, 0.1) is 11.8 Å². The van der Waals surface area contributed by atoms with E-state index in [4.69, 9.17) is 0 Å². The number of carbonyl (C=O) groups is 2. The van der Waals surface area contributed by atoms with Crippen molar-refractivity contribution in [3.63, 3.8) is 0 Å². The van der Waals surface area contributed by atoms with Crippen LogP contribution >= 0.6 is 0 Å². The van der Waals surface area contributed by atoms with Crippen molar-refractivity contribution in [3.8, 4) is 0 Å². The molecule has 4 nitrogen and oxygen atoms in total. The van der Waals surface area contributed by atoms with Crippen molar-refractivity contribution in [3.05, 3.63) is 35.9 Å². The van der Waals surface area contributed by atoms with E-state index in [1.807, 2.05) is 30.3 Å². The molecular weight excluding hydrogens is 268 g/mol. The Morgan fingerprint density at radius 2 is 1.57 bits per heavy atom. The van der Waals surface area contributed by atoms with Gasteiger partial charge < -0.3 is 10.2 Å². The number of benzene rings is 1. The minimum Gasteiger partial charge on any atom is -0.481 e. The first-order chi connectivity index (χ1) is 10.1. The fourth-order valence-corrected chi connectivity index (χ4v) is 2.56. The second-order valence-corrected chi connectivity index (χ2v) is 5.43. The maximum absolute atomic E-state index is 11.5. The van der Waals surface area contributed by atoms with E-state index >= 15 is 0 Å². The maximum atomic E-state index is 11.5. The van der Waals surface area contributed by atoms with Crippen molar-refractivity contribution in [2.75, 3.05) is 0 Å². The molecule has 1 rings (SSSR count). The first kappa shape index (κ1) is 17.2. The van der Waals surface area contributed by atoms with Crippen LogP contribution in [0.4, 0.5) is 0 Å². The van der Waals surface area contributed by atoms with E-state index < -0.39 is 23.8 Å². The molecule has 0 bridgehead atoms. The Bertz CT molecular complexity index is 441. The lowest BCUT2D eigenvalue weighted by Crippen LogP contribution is -2.31. The van der Waals surface area contributed by atoms with Gasteiger partial charge in [-0.15, -0.1) is 0 Å². The molecule has 0 aliphatic rings. The summed E-state index contributed by atoms with van der Waals surface area (Å²) in [7, 11) is 0. The van der Waals surface area contributed by atoms with Crippen LogP contribution in [0.5, 0.6) is 0 Å². The third-order valence-corrected chi connectivity index (χ3v) is 3.79. The summed E-state index contributed by atoms with van der Waals surface area (Å²) in [5, 5.41) is 18.8. The average Bonchev–Trinajstić information content (AvgIpc) is 2.46. The predicted molar refractivity (Wildman–Crippen MR) is 81.2 cm³/mol. The van der Waals surface area contributed by atoms with Gasteiger partial charge in [0.15, 0.2) is 0 Å². The van der Waals surface area contributed by atoms with Crippen molar-refractivity contribution in [1.82, 2.24) is 0 Å². The van der Waals surface area contributed by atoms with Gasteiger partial charge in [-0.25, -0.2) is 0 Å². The van der Waals surface area contributed by atoms with Gasteiger partial charge in [0, 0.05) is 0 Å². The van der Waals surface area contributed by atoms with Crippen LogP contribution in [0.1, 0.15) is 44.6 Å². The van der Waals surface area contributed by atoms with Gasteiger partial charge in [0.25, 0.3) is 0 Å².